The molecule has 13 nitrogen and oxygen atoms in total. The zero-order valence-electron chi connectivity index (χ0n) is 33.6. The second kappa shape index (κ2) is 21.9. The van der Waals surface area contributed by atoms with Crippen molar-refractivity contribution in [1.82, 2.24) is 29.7 Å². The molecule has 0 atom stereocenters. The molecule has 0 saturated carbocycles. The number of aromatic nitrogens is 4. The van der Waals surface area contributed by atoms with Crippen LogP contribution in [-0.4, -0.2) is 137 Å². The molecule has 0 spiro atoms. The van der Waals surface area contributed by atoms with Crippen LogP contribution in [0.5, 0.6) is 23.0 Å². The lowest BCUT2D eigenvalue weighted by Gasteiger charge is -2.11. The van der Waals surface area contributed by atoms with Gasteiger partial charge in [-0.3, -0.25) is 0 Å². The normalized spacial score (nSPS) is 11.6. The Balaban J connectivity index is 0.835. The molecule has 0 bridgehead atoms. The summed E-state index contributed by atoms with van der Waals surface area (Å²) >= 11 is 0. The van der Waals surface area contributed by atoms with E-state index in [1.165, 1.54) is 0 Å². The summed E-state index contributed by atoms with van der Waals surface area (Å²) < 4.78 is 41.2. The SMILES string of the molecule is CN(C)CCCOc1ccc2nc(-c3ccccc3OCCOCCOCCOCCOc3ccccc3-c3nc4ccc(OCCCN(C)C)cc4[nH]3)[nH]c2c1. The number of nitrogens with one attached hydrogen (secondary N) is 2. The fourth-order valence-corrected chi connectivity index (χ4v) is 6.09. The smallest absolute Gasteiger partial charge is 0.142 e. The van der Waals surface area contributed by atoms with Crippen LogP contribution < -0.4 is 18.9 Å². The number of hydrogen-bond acceptors (Lipinski definition) is 11. The molecule has 0 fully saturated rings. The lowest BCUT2D eigenvalue weighted by Crippen LogP contribution is -2.15. The molecule has 0 aliphatic carbocycles. The summed E-state index contributed by atoms with van der Waals surface area (Å²) in [6.07, 6.45) is 1.93. The number of H-pyrrole nitrogens is 2. The molecule has 4 aromatic carbocycles. The lowest BCUT2D eigenvalue weighted by atomic mass is 10.2. The molecule has 304 valence electrons. The topological polar surface area (TPSA) is 128 Å². The van der Waals surface area contributed by atoms with Crippen molar-refractivity contribution in [2.45, 2.75) is 12.8 Å². The molecule has 0 unspecified atom stereocenters. The Morgan fingerprint density at radius 1 is 0.456 bits per heavy atom. The van der Waals surface area contributed by atoms with E-state index < -0.39 is 0 Å². The molecule has 2 heterocycles. The first kappa shape index (κ1) is 41.5. The average molecular weight is 781 g/mol. The highest BCUT2D eigenvalue weighted by Crippen LogP contribution is 2.32. The summed E-state index contributed by atoms with van der Waals surface area (Å²) in [4.78, 5) is 20.7. The quantitative estimate of drug-likeness (QED) is 0.0556. The number of hydrogen-bond donors (Lipinski definition) is 2. The highest BCUT2D eigenvalue weighted by Gasteiger charge is 2.13. The number of rotatable bonds is 26. The van der Waals surface area contributed by atoms with Gasteiger partial charge >= 0.3 is 0 Å². The zero-order chi connectivity index (χ0) is 39.7. The van der Waals surface area contributed by atoms with Gasteiger partial charge in [0.15, 0.2) is 0 Å². The molecule has 6 rings (SSSR count). The number of fused-ring (bicyclic) bond motifs is 2. The molecule has 2 aromatic heterocycles. The summed E-state index contributed by atoms with van der Waals surface area (Å²) in [6, 6.07) is 27.6. The Hall–Kier alpha value is -5.18. The molecular formula is C44H56N6O7. The van der Waals surface area contributed by atoms with E-state index >= 15 is 0 Å². The Morgan fingerprint density at radius 3 is 1.28 bits per heavy atom. The summed E-state index contributed by atoms with van der Waals surface area (Å²) in [5, 5.41) is 0. The minimum atomic E-state index is 0.401. The van der Waals surface area contributed by atoms with Crippen molar-refractivity contribution in [2.24, 2.45) is 0 Å². The monoisotopic (exact) mass is 780 g/mol. The Bertz CT molecular complexity index is 1950. The Kier molecular flexibility index (Phi) is 16.0. The fourth-order valence-electron chi connectivity index (χ4n) is 6.09. The maximum absolute atomic E-state index is 6.08. The van der Waals surface area contributed by atoms with Gasteiger partial charge in [0.05, 0.1) is 86.0 Å². The van der Waals surface area contributed by atoms with E-state index in [0.717, 1.165) is 93.8 Å². The molecule has 13 heteroatoms. The molecule has 0 amide bonds. The molecule has 2 N–H and O–H groups in total. The number of aromatic amines is 2. The van der Waals surface area contributed by atoms with Gasteiger partial charge in [-0.05, 0) is 89.6 Å². The molecule has 0 saturated heterocycles. The van der Waals surface area contributed by atoms with E-state index in [9.17, 15) is 0 Å². The third-order valence-electron chi connectivity index (χ3n) is 8.94. The van der Waals surface area contributed by atoms with Crippen molar-refractivity contribution in [3.63, 3.8) is 0 Å². The van der Waals surface area contributed by atoms with Crippen molar-refractivity contribution in [1.29, 1.82) is 0 Å². The van der Waals surface area contributed by atoms with Gasteiger partial charge in [-0.25, -0.2) is 9.97 Å². The largest absolute Gasteiger partial charge is 0.493 e. The van der Waals surface area contributed by atoms with Crippen molar-refractivity contribution >= 4 is 22.1 Å². The van der Waals surface area contributed by atoms with Crippen LogP contribution in [0.25, 0.3) is 44.8 Å². The van der Waals surface area contributed by atoms with Crippen molar-refractivity contribution in [2.75, 3.05) is 107 Å². The van der Waals surface area contributed by atoms with E-state index in [2.05, 4.69) is 48.0 Å². The van der Waals surface area contributed by atoms with Gasteiger partial charge in [0.25, 0.3) is 0 Å². The van der Waals surface area contributed by atoms with Crippen LogP contribution in [-0.2, 0) is 14.2 Å². The van der Waals surface area contributed by atoms with Crippen molar-refractivity contribution < 1.29 is 33.2 Å². The van der Waals surface area contributed by atoms with Crippen LogP contribution in [0.1, 0.15) is 12.8 Å². The van der Waals surface area contributed by atoms with Crippen LogP contribution in [0.15, 0.2) is 84.9 Å². The first-order chi connectivity index (χ1) is 27.9. The fraction of sp³-hybridized carbons (Fsp3) is 0.409. The highest BCUT2D eigenvalue weighted by atomic mass is 16.6. The third-order valence-corrected chi connectivity index (χ3v) is 8.94. The number of nitrogens with zero attached hydrogens (tertiary/aromatic N) is 4. The minimum absolute atomic E-state index is 0.401. The summed E-state index contributed by atoms with van der Waals surface area (Å²) in [5.41, 5.74) is 5.35. The van der Waals surface area contributed by atoms with Crippen LogP contribution >= 0.6 is 0 Å². The molecule has 57 heavy (non-hydrogen) atoms. The Morgan fingerprint density at radius 2 is 0.860 bits per heavy atom. The molecule has 0 radical (unpaired) electrons. The summed E-state index contributed by atoms with van der Waals surface area (Å²) in [6.45, 7) is 6.82. The van der Waals surface area contributed by atoms with Gasteiger partial charge < -0.3 is 52.9 Å². The minimum Gasteiger partial charge on any atom is -0.493 e. The second-order valence-corrected chi connectivity index (χ2v) is 14.1. The van der Waals surface area contributed by atoms with Crippen molar-refractivity contribution in [3.8, 4) is 45.8 Å². The summed E-state index contributed by atoms with van der Waals surface area (Å²) in [5.74, 6) is 4.61. The van der Waals surface area contributed by atoms with Gasteiger partial charge in [0.2, 0.25) is 0 Å². The molecule has 0 aliphatic heterocycles. The van der Waals surface area contributed by atoms with E-state index in [-0.39, 0.29) is 0 Å². The van der Waals surface area contributed by atoms with Crippen LogP contribution in [0.4, 0.5) is 0 Å². The predicted octanol–water partition coefficient (Wildman–Crippen LogP) is 6.94. The van der Waals surface area contributed by atoms with E-state index in [1.807, 2.05) is 84.9 Å². The third kappa shape index (κ3) is 12.9. The molecule has 0 aliphatic rings. The Labute approximate surface area is 335 Å². The molecule has 6 aromatic rings. The first-order valence-corrected chi connectivity index (χ1v) is 19.6. The van der Waals surface area contributed by atoms with Gasteiger partial charge in [-0.15, -0.1) is 0 Å². The van der Waals surface area contributed by atoms with E-state index in [1.54, 1.807) is 0 Å². The number of para-hydroxylation sites is 2. The highest BCUT2D eigenvalue weighted by molar-refractivity contribution is 5.83. The average Bonchev–Trinajstić information content (AvgIpc) is 3.84. The maximum atomic E-state index is 6.08. The van der Waals surface area contributed by atoms with Crippen molar-refractivity contribution in [3.05, 3.63) is 84.9 Å². The number of ether oxygens (including phenoxy) is 7. The van der Waals surface area contributed by atoms with Crippen LogP contribution in [0.2, 0.25) is 0 Å². The van der Waals surface area contributed by atoms with Crippen LogP contribution in [0, 0.1) is 0 Å². The second-order valence-electron chi connectivity index (χ2n) is 14.1. The first-order valence-electron chi connectivity index (χ1n) is 19.6. The summed E-state index contributed by atoms with van der Waals surface area (Å²) in [7, 11) is 8.25. The van der Waals surface area contributed by atoms with Gasteiger partial charge in [-0.2, -0.15) is 0 Å². The molecular weight excluding hydrogens is 725 g/mol. The van der Waals surface area contributed by atoms with Crippen LogP contribution in [0.3, 0.4) is 0 Å². The zero-order valence-corrected chi connectivity index (χ0v) is 33.6. The maximum Gasteiger partial charge on any atom is 0.142 e. The number of imidazole rings is 2. The van der Waals surface area contributed by atoms with E-state index in [0.29, 0.717) is 66.1 Å². The van der Waals surface area contributed by atoms with Gasteiger partial charge in [0.1, 0.15) is 47.9 Å². The van der Waals surface area contributed by atoms with E-state index in [4.69, 9.17) is 43.1 Å². The lowest BCUT2D eigenvalue weighted by molar-refractivity contribution is 0.00504. The van der Waals surface area contributed by atoms with Gasteiger partial charge in [0, 0.05) is 25.2 Å². The predicted molar refractivity (Wildman–Crippen MR) is 224 cm³/mol. The standard InChI is InChI=1S/C44H56N6O7/c1-49(2)19-9-21-54-33-15-17-37-39(31-33)47-43(45-37)35-11-5-7-13-41(35)56-29-27-52-25-23-51-24-26-53-28-30-57-42-14-8-6-12-36(42)44-46-38-18-16-34(32-40(38)48-44)55-22-10-20-50(3)4/h5-8,11-18,31-32H,9-10,19-30H2,1-4H3,(H,45,47)(H,46,48). The number of benzene rings is 4. The van der Waals surface area contributed by atoms with Gasteiger partial charge in [-0.1, -0.05) is 24.3 Å².